The van der Waals surface area contributed by atoms with Gasteiger partial charge in [0.2, 0.25) is 0 Å². The number of ether oxygens (including phenoxy) is 3. The summed E-state index contributed by atoms with van der Waals surface area (Å²) in [6.45, 7) is 6.38. The Bertz CT molecular complexity index is 1020. The molecule has 0 aromatic carbocycles. The Morgan fingerprint density at radius 1 is 0.382 bits per heavy atom. The van der Waals surface area contributed by atoms with Crippen LogP contribution < -0.4 is 0 Å². The zero-order valence-electron chi connectivity index (χ0n) is 35.9. The van der Waals surface area contributed by atoms with Gasteiger partial charge in [-0.2, -0.15) is 0 Å². The molecule has 316 valence electrons. The molecule has 1 atom stereocenters. The van der Waals surface area contributed by atoms with E-state index >= 15 is 0 Å². The normalized spacial score (nSPS) is 12.6. The molecule has 0 spiro atoms. The van der Waals surface area contributed by atoms with Crippen molar-refractivity contribution >= 4 is 17.9 Å². The summed E-state index contributed by atoms with van der Waals surface area (Å²) < 4.78 is 16.6. The lowest BCUT2D eigenvalue weighted by molar-refractivity contribution is -0.167. The zero-order chi connectivity index (χ0) is 40.1. The first-order valence-corrected chi connectivity index (χ1v) is 22.8. The number of carbonyl (C=O) groups excluding carboxylic acids is 3. The number of hydrogen-bond donors (Lipinski definition) is 0. The monoisotopic (exact) mass is 769 g/mol. The van der Waals surface area contributed by atoms with E-state index in [9.17, 15) is 14.4 Å². The summed E-state index contributed by atoms with van der Waals surface area (Å²) in [5, 5.41) is 0. The molecular weight excluding hydrogens is 685 g/mol. The molecule has 0 saturated carbocycles. The third-order valence-electron chi connectivity index (χ3n) is 9.51. The molecule has 0 N–H and O–H groups in total. The number of unbranched alkanes of at least 4 members (excludes halogenated alkanes) is 19. The van der Waals surface area contributed by atoms with Crippen LogP contribution in [0.15, 0.2) is 60.8 Å². The van der Waals surface area contributed by atoms with Gasteiger partial charge < -0.3 is 14.2 Å². The summed E-state index contributed by atoms with van der Waals surface area (Å²) in [7, 11) is 0. The second kappa shape index (κ2) is 43.8. The smallest absolute Gasteiger partial charge is 0.306 e. The molecule has 6 nitrogen and oxygen atoms in total. The zero-order valence-corrected chi connectivity index (χ0v) is 35.9. The van der Waals surface area contributed by atoms with Crippen LogP contribution in [0.25, 0.3) is 0 Å². The maximum atomic E-state index is 12.7. The van der Waals surface area contributed by atoms with Gasteiger partial charge in [0.15, 0.2) is 6.10 Å². The van der Waals surface area contributed by atoms with Crippen LogP contribution >= 0.6 is 0 Å². The number of esters is 3. The van der Waals surface area contributed by atoms with Crippen molar-refractivity contribution in [2.45, 2.75) is 219 Å². The Kier molecular flexibility index (Phi) is 41.5. The molecule has 0 aliphatic carbocycles. The predicted molar refractivity (Wildman–Crippen MR) is 233 cm³/mol. The molecular formula is C49H84O6. The SMILES string of the molecule is CC/C=C\C/C=C\C/C=C\CCCCCCCCCC(=O)OCC(COC(=O)CCCCCCC)OC(=O)CCCCCCC/C=C\C/C=C\CCCCC. The van der Waals surface area contributed by atoms with Gasteiger partial charge in [-0.1, -0.05) is 171 Å². The van der Waals surface area contributed by atoms with Crippen molar-refractivity contribution in [1.82, 2.24) is 0 Å². The molecule has 0 rings (SSSR count). The number of hydrogen-bond acceptors (Lipinski definition) is 6. The van der Waals surface area contributed by atoms with Crippen LogP contribution in [0.3, 0.4) is 0 Å². The largest absolute Gasteiger partial charge is 0.462 e. The average Bonchev–Trinajstić information content (AvgIpc) is 3.18. The number of allylic oxidation sites excluding steroid dienone is 10. The fourth-order valence-corrected chi connectivity index (χ4v) is 6.07. The Labute approximate surface area is 339 Å². The lowest BCUT2D eigenvalue weighted by Gasteiger charge is -2.18. The van der Waals surface area contributed by atoms with E-state index in [1.807, 2.05) is 0 Å². The minimum atomic E-state index is -0.780. The number of rotatable bonds is 40. The van der Waals surface area contributed by atoms with Gasteiger partial charge in [0.25, 0.3) is 0 Å². The molecule has 0 aromatic heterocycles. The van der Waals surface area contributed by atoms with Crippen LogP contribution in [0.2, 0.25) is 0 Å². The average molecular weight is 769 g/mol. The molecule has 0 aromatic rings. The minimum absolute atomic E-state index is 0.0846. The lowest BCUT2D eigenvalue weighted by Crippen LogP contribution is -2.30. The first kappa shape index (κ1) is 52.1. The van der Waals surface area contributed by atoms with Crippen molar-refractivity contribution in [2.75, 3.05) is 13.2 Å². The van der Waals surface area contributed by atoms with Crippen molar-refractivity contribution in [3.05, 3.63) is 60.8 Å². The van der Waals surface area contributed by atoms with Gasteiger partial charge in [-0.05, 0) is 83.5 Å². The maximum Gasteiger partial charge on any atom is 0.306 e. The first-order chi connectivity index (χ1) is 27.0. The van der Waals surface area contributed by atoms with E-state index < -0.39 is 6.10 Å². The summed E-state index contributed by atoms with van der Waals surface area (Å²) in [5.41, 5.74) is 0. The van der Waals surface area contributed by atoms with Crippen molar-refractivity contribution < 1.29 is 28.6 Å². The summed E-state index contributed by atoms with van der Waals surface area (Å²) in [6, 6.07) is 0. The van der Waals surface area contributed by atoms with Crippen LogP contribution in [0.4, 0.5) is 0 Å². The second-order valence-electron chi connectivity index (χ2n) is 14.9. The van der Waals surface area contributed by atoms with Gasteiger partial charge in [0.1, 0.15) is 13.2 Å². The predicted octanol–water partition coefficient (Wildman–Crippen LogP) is 14.5. The topological polar surface area (TPSA) is 78.9 Å². The van der Waals surface area contributed by atoms with Crippen LogP contribution in [-0.2, 0) is 28.6 Å². The van der Waals surface area contributed by atoms with Crippen molar-refractivity contribution in [3.8, 4) is 0 Å². The Morgan fingerprint density at radius 3 is 1.15 bits per heavy atom. The van der Waals surface area contributed by atoms with E-state index in [0.29, 0.717) is 19.3 Å². The molecule has 0 saturated heterocycles. The molecule has 0 aliphatic heterocycles. The summed E-state index contributed by atoms with van der Waals surface area (Å²) in [6.07, 6.45) is 52.3. The van der Waals surface area contributed by atoms with E-state index in [4.69, 9.17) is 14.2 Å². The molecule has 6 heteroatoms. The summed E-state index contributed by atoms with van der Waals surface area (Å²) >= 11 is 0. The van der Waals surface area contributed by atoms with E-state index in [0.717, 1.165) is 116 Å². The molecule has 0 radical (unpaired) electrons. The third-order valence-corrected chi connectivity index (χ3v) is 9.51. The standard InChI is InChI=1S/C49H84O6/c1-4-7-10-13-15-17-19-21-23-24-26-27-29-31-33-36-39-42-48(51)54-45-46(44-53-47(50)41-38-35-12-9-6-3)55-49(52)43-40-37-34-32-30-28-25-22-20-18-16-14-11-8-5-2/h7,10,15-18,21-23,25,46H,4-6,8-9,11-14,19-20,24,26-45H2,1-3H3/b10-7-,17-15-,18-16-,23-21-,25-22-. The van der Waals surface area contributed by atoms with Gasteiger partial charge in [-0.15, -0.1) is 0 Å². The van der Waals surface area contributed by atoms with E-state index in [2.05, 4.69) is 81.5 Å². The summed E-state index contributed by atoms with van der Waals surface area (Å²) in [5.74, 6) is -0.925. The van der Waals surface area contributed by atoms with Crippen molar-refractivity contribution in [2.24, 2.45) is 0 Å². The van der Waals surface area contributed by atoms with Crippen LogP contribution in [-0.4, -0.2) is 37.2 Å². The molecule has 0 aliphatic rings. The van der Waals surface area contributed by atoms with Crippen molar-refractivity contribution in [1.29, 1.82) is 0 Å². The minimum Gasteiger partial charge on any atom is -0.462 e. The highest BCUT2D eigenvalue weighted by molar-refractivity contribution is 5.71. The highest BCUT2D eigenvalue weighted by Gasteiger charge is 2.19. The van der Waals surface area contributed by atoms with Crippen LogP contribution in [0.5, 0.6) is 0 Å². The van der Waals surface area contributed by atoms with E-state index in [1.54, 1.807) is 0 Å². The highest BCUT2D eigenvalue weighted by Crippen LogP contribution is 2.13. The molecule has 0 fully saturated rings. The lowest BCUT2D eigenvalue weighted by atomic mass is 10.1. The van der Waals surface area contributed by atoms with E-state index in [1.165, 1.54) is 57.8 Å². The Hall–Kier alpha value is -2.89. The number of carbonyl (C=O) groups is 3. The quantitative estimate of drug-likeness (QED) is 0.0267. The van der Waals surface area contributed by atoms with Gasteiger partial charge in [0, 0.05) is 19.3 Å². The highest BCUT2D eigenvalue weighted by atomic mass is 16.6. The second-order valence-corrected chi connectivity index (χ2v) is 14.9. The molecule has 1 unspecified atom stereocenters. The third kappa shape index (κ3) is 42.1. The van der Waals surface area contributed by atoms with Crippen LogP contribution in [0.1, 0.15) is 213 Å². The maximum absolute atomic E-state index is 12.7. The Balaban J connectivity index is 4.26. The molecule has 0 heterocycles. The van der Waals surface area contributed by atoms with Gasteiger partial charge in [0.05, 0.1) is 0 Å². The van der Waals surface area contributed by atoms with Gasteiger partial charge in [-0.3, -0.25) is 14.4 Å². The fourth-order valence-electron chi connectivity index (χ4n) is 6.07. The molecule has 0 bridgehead atoms. The summed E-state index contributed by atoms with van der Waals surface area (Å²) in [4.78, 5) is 37.5. The molecule has 0 amide bonds. The van der Waals surface area contributed by atoms with Gasteiger partial charge in [-0.25, -0.2) is 0 Å². The first-order valence-electron chi connectivity index (χ1n) is 22.8. The fraction of sp³-hybridized carbons (Fsp3) is 0.735. The van der Waals surface area contributed by atoms with Crippen molar-refractivity contribution in [3.63, 3.8) is 0 Å². The van der Waals surface area contributed by atoms with Crippen LogP contribution in [0, 0.1) is 0 Å². The molecule has 55 heavy (non-hydrogen) atoms. The Morgan fingerprint density at radius 2 is 0.709 bits per heavy atom. The van der Waals surface area contributed by atoms with E-state index in [-0.39, 0.29) is 31.1 Å². The van der Waals surface area contributed by atoms with Gasteiger partial charge >= 0.3 is 17.9 Å².